The molecule has 1 atom stereocenters. The molecular formula is C13H19BrN2O. The Bertz CT molecular complexity index is 357. The van der Waals surface area contributed by atoms with E-state index in [1.165, 1.54) is 5.56 Å². The molecule has 1 aromatic rings. The van der Waals surface area contributed by atoms with Gasteiger partial charge in [0.2, 0.25) is 0 Å². The summed E-state index contributed by atoms with van der Waals surface area (Å²) >= 11 is 3.52. The fraction of sp³-hybridized carbons (Fsp3) is 0.538. The highest BCUT2D eigenvalue weighted by Crippen LogP contribution is 2.16. The number of nitrogens with one attached hydrogen (secondary N) is 1. The van der Waals surface area contributed by atoms with E-state index in [4.69, 9.17) is 4.74 Å². The van der Waals surface area contributed by atoms with Gasteiger partial charge in [-0.1, -0.05) is 28.1 Å². The molecule has 0 bridgehead atoms. The van der Waals surface area contributed by atoms with Crippen LogP contribution in [0.25, 0.3) is 0 Å². The van der Waals surface area contributed by atoms with Gasteiger partial charge < -0.3 is 10.1 Å². The molecule has 2 rings (SSSR count). The standard InChI is InChI=1S/C13H19BrN2O/c1-15-8-13-10-17-6-5-16(13)9-11-3-2-4-12(14)7-11/h2-4,7,13,15H,5-6,8-10H2,1H3. The zero-order valence-electron chi connectivity index (χ0n) is 10.2. The van der Waals surface area contributed by atoms with Crippen molar-refractivity contribution >= 4 is 15.9 Å². The first kappa shape index (κ1) is 13.0. The molecule has 1 unspecified atom stereocenters. The second kappa shape index (κ2) is 6.50. The van der Waals surface area contributed by atoms with Crippen LogP contribution in [-0.4, -0.2) is 44.3 Å². The third-order valence-corrected chi connectivity index (χ3v) is 3.56. The van der Waals surface area contributed by atoms with Gasteiger partial charge >= 0.3 is 0 Å². The molecule has 1 aromatic carbocycles. The lowest BCUT2D eigenvalue weighted by atomic mass is 10.1. The summed E-state index contributed by atoms with van der Waals surface area (Å²) in [7, 11) is 1.99. The molecule has 1 aliphatic heterocycles. The van der Waals surface area contributed by atoms with Gasteiger partial charge in [-0.05, 0) is 24.7 Å². The molecule has 0 aliphatic carbocycles. The molecule has 1 aliphatic rings. The summed E-state index contributed by atoms with van der Waals surface area (Å²) in [6, 6.07) is 9.00. The molecule has 17 heavy (non-hydrogen) atoms. The molecule has 3 nitrogen and oxygen atoms in total. The lowest BCUT2D eigenvalue weighted by Crippen LogP contribution is -2.49. The van der Waals surface area contributed by atoms with Crippen molar-refractivity contribution in [2.24, 2.45) is 0 Å². The normalized spacial score (nSPS) is 21.6. The zero-order valence-corrected chi connectivity index (χ0v) is 11.7. The second-order valence-corrected chi connectivity index (χ2v) is 5.30. The average Bonchev–Trinajstić information content (AvgIpc) is 2.32. The highest BCUT2D eigenvalue weighted by atomic mass is 79.9. The number of hydrogen-bond donors (Lipinski definition) is 1. The summed E-state index contributed by atoms with van der Waals surface area (Å²) < 4.78 is 6.68. The lowest BCUT2D eigenvalue weighted by Gasteiger charge is -2.35. The van der Waals surface area contributed by atoms with Crippen LogP contribution in [0.3, 0.4) is 0 Å². The highest BCUT2D eigenvalue weighted by molar-refractivity contribution is 9.10. The summed E-state index contributed by atoms with van der Waals surface area (Å²) in [6.45, 7) is 4.66. The van der Waals surface area contributed by atoms with Gasteiger partial charge in [0.15, 0.2) is 0 Å². The van der Waals surface area contributed by atoms with Gasteiger partial charge in [-0.15, -0.1) is 0 Å². The summed E-state index contributed by atoms with van der Waals surface area (Å²) in [5.41, 5.74) is 1.35. The number of nitrogens with zero attached hydrogens (tertiary/aromatic N) is 1. The fourth-order valence-electron chi connectivity index (χ4n) is 2.19. The molecule has 0 aromatic heterocycles. The van der Waals surface area contributed by atoms with Crippen LogP contribution in [0.1, 0.15) is 5.56 Å². The molecule has 1 N–H and O–H groups in total. The maximum Gasteiger partial charge on any atom is 0.0635 e. The van der Waals surface area contributed by atoms with Gasteiger partial charge in [0.25, 0.3) is 0 Å². The van der Waals surface area contributed by atoms with Crippen LogP contribution >= 0.6 is 15.9 Å². The second-order valence-electron chi connectivity index (χ2n) is 4.39. The largest absolute Gasteiger partial charge is 0.378 e. The van der Waals surface area contributed by atoms with Crippen molar-refractivity contribution in [2.45, 2.75) is 12.6 Å². The number of halogens is 1. The minimum absolute atomic E-state index is 0.479. The number of ether oxygens (including phenoxy) is 1. The Balaban J connectivity index is 2.00. The monoisotopic (exact) mass is 298 g/mol. The van der Waals surface area contributed by atoms with E-state index < -0.39 is 0 Å². The first-order valence-corrected chi connectivity index (χ1v) is 6.79. The van der Waals surface area contributed by atoms with Crippen LogP contribution in [0, 0.1) is 0 Å². The average molecular weight is 299 g/mol. The summed E-state index contributed by atoms with van der Waals surface area (Å²) in [5.74, 6) is 0. The minimum Gasteiger partial charge on any atom is -0.378 e. The minimum atomic E-state index is 0.479. The molecule has 0 amide bonds. The Kier molecular flexibility index (Phi) is 4.98. The van der Waals surface area contributed by atoms with Crippen LogP contribution in [0.5, 0.6) is 0 Å². The van der Waals surface area contributed by atoms with Crippen LogP contribution in [0.4, 0.5) is 0 Å². The SMILES string of the molecule is CNCC1COCCN1Cc1cccc(Br)c1. The van der Waals surface area contributed by atoms with Gasteiger partial charge in [-0.3, -0.25) is 4.90 Å². The molecule has 4 heteroatoms. The van der Waals surface area contributed by atoms with Crippen molar-refractivity contribution in [3.63, 3.8) is 0 Å². The Hall–Kier alpha value is -0.420. The van der Waals surface area contributed by atoms with E-state index in [-0.39, 0.29) is 0 Å². The van der Waals surface area contributed by atoms with Crippen LogP contribution in [0.15, 0.2) is 28.7 Å². The first-order valence-electron chi connectivity index (χ1n) is 6.00. The Labute approximate surface area is 111 Å². The van der Waals surface area contributed by atoms with E-state index in [2.05, 4.69) is 50.4 Å². The van der Waals surface area contributed by atoms with Crippen molar-refractivity contribution in [3.8, 4) is 0 Å². The van der Waals surface area contributed by atoms with Crippen LogP contribution in [0.2, 0.25) is 0 Å². The maximum absolute atomic E-state index is 5.54. The van der Waals surface area contributed by atoms with Crippen LogP contribution in [-0.2, 0) is 11.3 Å². The summed E-state index contributed by atoms with van der Waals surface area (Å²) in [5, 5.41) is 3.23. The van der Waals surface area contributed by atoms with Crippen molar-refractivity contribution < 1.29 is 4.74 Å². The Morgan fingerprint density at radius 3 is 3.18 bits per heavy atom. The number of morpholine rings is 1. The smallest absolute Gasteiger partial charge is 0.0635 e. The predicted octanol–water partition coefficient (Wildman–Crippen LogP) is 1.87. The molecular weight excluding hydrogens is 280 g/mol. The topological polar surface area (TPSA) is 24.5 Å². The van der Waals surface area contributed by atoms with E-state index in [1.54, 1.807) is 0 Å². The van der Waals surface area contributed by atoms with Gasteiger partial charge in [0, 0.05) is 30.1 Å². The van der Waals surface area contributed by atoms with E-state index in [0.29, 0.717) is 6.04 Å². The van der Waals surface area contributed by atoms with E-state index in [9.17, 15) is 0 Å². The van der Waals surface area contributed by atoms with Crippen molar-refractivity contribution in [1.29, 1.82) is 0 Å². The fourth-order valence-corrected chi connectivity index (χ4v) is 2.64. The van der Waals surface area contributed by atoms with Gasteiger partial charge in [0.1, 0.15) is 0 Å². The van der Waals surface area contributed by atoms with Gasteiger partial charge in [0.05, 0.1) is 13.2 Å². The molecule has 1 saturated heterocycles. The van der Waals surface area contributed by atoms with E-state index in [0.717, 1.165) is 37.3 Å². The third kappa shape index (κ3) is 3.78. The number of rotatable bonds is 4. The zero-order chi connectivity index (χ0) is 12.1. The molecule has 0 spiro atoms. The quantitative estimate of drug-likeness (QED) is 0.918. The Morgan fingerprint density at radius 1 is 1.53 bits per heavy atom. The highest BCUT2D eigenvalue weighted by Gasteiger charge is 2.22. The van der Waals surface area contributed by atoms with Gasteiger partial charge in [-0.2, -0.15) is 0 Å². The lowest BCUT2D eigenvalue weighted by molar-refractivity contribution is -0.0103. The van der Waals surface area contributed by atoms with Crippen molar-refractivity contribution in [1.82, 2.24) is 10.2 Å². The predicted molar refractivity (Wildman–Crippen MR) is 73.1 cm³/mol. The number of likely N-dealkylation sites (N-methyl/N-ethyl adjacent to an activating group) is 1. The van der Waals surface area contributed by atoms with Crippen molar-refractivity contribution in [3.05, 3.63) is 34.3 Å². The van der Waals surface area contributed by atoms with Crippen molar-refractivity contribution in [2.75, 3.05) is 33.4 Å². The Morgan fingerprint density at radius 2 is 2.41 bits per heavy atom. The molecule has 0 radical (unpaired) electrons. The van der Waals surface area contributed by atoms with E-state index in [1.807, 2.05) is 7.05 Å². The molecule has 1 fully saturated rings. The first-order chi connectivity index (χ1) is 8.29. The van der Waals surface area contributed by atoms with E-state index >= 15 is 0 Å². The summed E-state index contributed by atoms with van der Waals surface area (Å²) in [6.07, 6.45) is 0. The maximum atomic E-state index is 5.54. The number of hydrogen-bond acceptors (Lipinski definition) is 3. The molecule has 0 saturated carbocycles. The van der Waals surface area contributed by atoms with Crippen LogP contribution < -0.4 is 5.32 Å². The third-order valence-electron chi connectivity index (χ3n) is 3.06. The molecule has 94 valence electrons. The molecule has 1 heterocycles. The summed E-state index contributed by atoms with van der Waals surface area (Å²) in [4.78, 5) is 2.49. The number of benzene rings is 1. The van der Waals surface area contributed by atoms with Gasteiger partial charge in [-0.25, -0.2) is 0 Å².